The van der Waals surface area contributed by atoms with E-state index in [9.17, 15) is 0 Å². The first kappa shape index (κ1) is 14.9. The number of benzene rings is 2. The van der Waals surface area contributed by atoms with Gasteiger partial charge in [-0.15, -0.1) is 0 Å². The lowest BCUT2D eigenvalue weighted by Crippen LogP contribution is -2.26. The predicted octanol–water partition coefficient (Wildman–Crippen LogP) is 4.14. The molecule has 0 aliphatic carbocycles. The Labute approximate surface area is 132 Å². The summed E-state index contributed by atoms with van der Waals surface area (Å²) in [5.74, 6) is 0.916. The fourth-order valence-corrected chi connectivity index (χ4v) is 3.18. The lowest BCUT2D eigenvalue weighted by Gasteiger charge is -2.19. The molecule has 116 valence electrons. The molecule has 0 radical (unpaired) electrons. The molecule has 3 nitrogen and oxygen atoms in total. The maximum absolute atomic E-state index is 5.40. The van der Waals surface area contributed by atoms with Crippen LogP contribution in [-0.2, 0) is 6.54 Å². The number of ether oxygens (including phenoxy) is 1. The number of hydrogen-bond donors (Lipinski definition) is 0. The van der Waals surface area contributed by atoms with Gasteiger partial charge >= 0.3 is 0 Å². The van der Waals surface area contributed by atoms with Crippen LogP contribution in [0, 0.1) is 0 Å². The molecule has 0 bridgehead atoms. The van der Waals surface area contributed by atoms with Crippen molar-refractivity contribution in [1.29, 1.82) is 0 Å². The number of hydrogen-bond acceptors (Lipinski definition) is 2. The highest BCUT2D eigenvalue weighted by Gasteiger charge is 2.11. The molecule has 0 saturated heterocycles. The van der Waals surface area contributed by atoms with Gasteiger partial charge in [-0.2, -0.15) is 0 Å². The Hall–Kier alpha value is -2.00. The standard InChI is InChI=1S/C19H24N2O/c1-4-20(5-2)12-13-21-18-9-7-6-8-16(18)17-14-15(22-3)10-11-19(17)21/h6-11,14H,4-5,12-13H2,1-3H3. The van der Waals surface area contributed by atoms with Crippen molar-refractivity contribution >= 4 is 21.8 Å². The molecule has 3 aromatic rings. The molecule has 0 spiro atoms. The smallest absolute Gasteiger partial charge is 0.119 e. The van der Waals surface area contributed by atoms with Crippen molar-refractivity contribution in [3.63, 3.8) is 0 Å². The molecule has 0 saturated carbocycles. The molecule has 0 fully saturated rings. The molecule has 22 heavy (non-hydrogen) atoms. The molecule has 0 unspecified atom stereocenters. The van der Waals surface area contributed by atoms with E-state index in [1.165, 1.54) is 21.8 Å². The van der Waals surface area contributed by atoms with E-state index in [1.807, 2.05) is 0 Å². The summed E-state index contributed by atoms with van der Waals surface area (Å²) in [4.78, 5) is 2.46. The lowest BCUT2D eigenvalue weighted by atomic mass is 10.1. The summed E-state index contributed by atoms with van der Waals surface area (Å²) in [6, 6.07) is 15.0. The first-order valence-electron chi connectivity index (χ1n) is 8.05. The van der Waals surface area contributed by atoms with E-state index < -0.39 is 0 Å². The fourth-order valence-electron chi connectivity index (χ4n) is 3.18. The number of fused-ring (bicyclic) bond motifs is 3. The van der Waals surface area contributed by atoms with Crippen molar-refractivity contribution in [2.45, 2.75) is 20.4 Å². The van der Waals surface area contributed by atoms with Gasteiger partial charge in [0, 0.05) is 34.9 Å². The average Bonchev–Trinajstić information content (AvgIpc) is 2.89. The normalized spacial score (nSPS) is 11.6. The molecule has 1 aromatic heterocycles. The maximum Gasteiger partial charge on any atom is 0.119 e. The van der Waals surface area contributed by atoms with Crippen molar-refractivity contribution in [1.82, 2.24) is 9.47 Å². The lowest BCUT2D eigenvalue weighted by molar-refractivity contribution is 0.293. The third-order valence-corrected chi connectivity index (χ3v) is 4.51. The first-order valence-corrected chi connectivity index (χ1v) is 8.05. The number of nitrogens with zero attached hydrogens (tertiary/aromatic N) is 2. The molecule has 1 heterocycles. The van der Waals surface area contributed by atoms with Gasteiger partial charge in [-0.3, -0.25) is 0 Å². The second-order valence-corrected chi connectivity index (χ2v) is 5.58. The molecule has 3 heteroatoms. The highest BCUT2D eigenvalue weighted by atomic mass is 16.5. The van der Waals surface area contributed by atoms with Crippen LogP contribution in [0.25, 0.3) is 21.8 Å². The number of rotatable bonds is 6. The highest BCUT2D eigenvalue weighted by molar-refractivity contribution is 6.08. The zero-order chi connectivity index (χ0) is 15.5. The quantitative estimate of drug-likeness (QED) is 0.680. The van der Waals surface area contributed by atoms with Gasteiger partial charge in [0.1, 0.15) is 5.75 Å². The summed E-state index contributed by atoms with van der Waals surface area (Å²) >= 11 is 0. The van der Waals surface area contributed by atoms with Crippen LogP contribution in [0.3, 0.4) is 0 Å². The minimum absolute atomic E-state index is 0.916. The minimum Gasteiger partial charge on any atom is -0.497 e. The Morgan fingerprint density at radius 3 is 2.41 bits per heavy atom. The Morgan fingerprint density at radius 2 is 1.68 bits per heavy atom. The predicted molar refractivity (Wildman–Crippen MR) is 93.8 cm³/mol. The van der Waals surface area contributed by atoms with E-state index in [0.29, 0.717) is 0 Å². The van der Waals surface area contributed by atoms with Crippen molar-refractivity contribution in [2.24, 2.45) is 0 Å². The van der Waals surface area contributed by atoms with E-state index in [2.05, 4.69) is 65.8 Å². The molecule has 0 N–H and O–H groups in total. The summed E-state index contributed by atoms with van der Waals surface area (Å²) in [6.45, 7) is 8.73. The minimum atomic E-state index is 0.916. The molecular weight excluding hydrogens is 272 g/mol. The van der Waals surface area contributed by atoms with Crippen LogP contribution >= 0.6 is 0 Å². The Kier molecular flexibility index (Phi) is 4.34. The number of para-hydroxylation sites is 1. The first-order chi connectivity index (χ1) is 10.8. The third-order valence-electron chi connectivity index (χ3n) is 4.51. The van der Waals surface area contributed by atoms with Gasteiger partial charge in [-0.25, -0.2) is 0 Å². The van der Waals surface area contributed by atoms with Gasteiger partial charge in [0.2, 0.25) is 0 Å². The van der Waals surface area contributed by atoms with E-state index in [0.717, 1.165) is 31.9 Å². The number of likely N-dealkylation sites (N-methyl/N-ethyl adjacent to an activating group) is 1. The highest BCUT2D eigenvalue weighted by Crippen LogP contribution is 2.31. The van der Waals surface area contributed by atoms with Gasteiger partial charge in [0.05, 0.1) is 7.11 Å². The Morgan fingerprint density at radius 1 is 0.955 bits per heavy atom. The topological polar surface area (TPSA) is 17.4 Å². The Bertz CT molecular complexity index is 772. The van der Waals surface area contributed by atoms with Crippen LogP contribution in [0.1, 0.15) is 13.8 Å². The summed E-state index contributed by atoms with van der Waals surface area (Å²) in [6.07, 6.45) is 0. The van der Waals surface area contributed by atoms with Gasteiger partial charge < -0.3 is 14.2 Å². The monoisotopic (exact) mass is 296 g/mol. The maximum atomic E-state index is 5.40. The van der Waals surface area contributed by atoms with Gasteiger partial charge in [-0.1, -0.05) is 32.0 Å². The Balaban J connectivity index is 2.10. The van der Waals surface area contributed by atoms with Crippen LogP contribution in [-0.4, -0.2) is 36.2 Å². The van der Waals surface area contributed by atoms with Gasteiger partial charge in [0.25, 0.3) is 0 Å². The van der Waals surface area contributed by atoms with Crippen LogP contribution in [0.15, 0.2) is 42.5 Å². The van der Waals surface area contributed by atoms with E-state index >= 15 is 0 Å². The molecule has 2 aromatic carbocycles. The van der Waals surface area contributed by atoms with Gasteiger partial charge in [-0.05, 0) is 37.4 Å². The van der Waals surface area contributed by atoms with Crippen LogP contribution in [0.4, 0.5) is 0 Å². The van der Waals surface area contributed by atoms with Crippen molar-refractivity contribution in [3.05, 3.63) is 42.5 Å². The number of methoxy groups -OCH3 is 1. The van der Waals surface area contributed by atoms with Gasteiger partial charge in [0.15, 0.2) is 0 Å². The van der Waals surface area contributed by atoms with Crippen LogP contribution in [0.5, 0.6) is 5.75 Å². The molecule has 0 aliphatic heterocycles. The van der Waals surface area contributed by atoms with Crippen molar-refractivity contribution in [2.75, 3.05) is 26.7 Å². The molecule has 0 amide bonds. The third kappa shape index (κ3) is 2.57. The second-order valence-electron chi connectivity index (χ2n) is 5.58. The van der Waals surface area contributed by atoms with E-state index in [1.54, 1.807) is 7.11 Å². The summed E-state index contributed by atoms with van der Waals surface area (Å²) in [7, 11) is 1.72. The zero-order valence-electron chi connectivity index (χ0n) is 13.7. The van der Waals surface area contributed by atoms with E-state index in [4.69, 9.17) is 4.74 Å². The van der Waals surface area contributed by atoms with Crippen LogP contribution < -0.4 is 4.74 Å². The van der Waals surface area contributed by atoms with E-state index in [-0.39, 0.29) is 0 Å². The SMILES string of the molecule is CCN(CC)CCn1c2ccccc2c2cc(OC)ccc21. The van der Waals surface area contributed by atoms with Crippen molar-refractivity contribution in [3.8, 4) is 5.75 Å². The second kappa shape index (κ2) is 6.41. The summed E-state index contributed by atoms with van der Waals surface area (Å²) in [5.41, 5.74) is 2.59. The molecule has 0 atom stereocenters. The summed E-state index contributed by atoms with van der Waals surface area (Å²) in [5, 5.41) is 2.57. The number of aromatic nitrogens is 1. The van der Waals surface area contributed by atoms with Crippen LogP contribution in [0.2, 0.25) is 0 Å². The molecular formula is C19H24N2O. The average molecular weight is 296 g/mol. The van der Waals surface area contributed by atoms with Crippen molar-refractivity contribution < 1.29 is 4.74 Å². The molecule has 0 aliphatic rings. The summed E-state index contributed by atoms with van der Waals surface area (Å²) < 4.78 is 7.83. The largest absolute Gasteiger partial charge is 0.497 e. The fraction of sp³-hybridized carbons (Fsp3) is 0.368. The molecule has 3 rings (SSSR count). The zero-order valence-corrected chi connectivity index (χ0v) is 13.7.